The van der Waals surface area contributed by atoms with E-state index in [0.29, 0.717) is 4.77 Å². The fraction of sp³-hybridized carbons (Fsp3) is 0.125. The van der Waals surface area contributed by atoms with Crippen LogP contribution in [0.1, 0.15) is 5.56 Å². The molecule has 0 atom stereocenters. The Bertz CT molecular complexity index is 675. The lowest BCUT2D eigenvalue weighted by atomic mass is 10.2. The lowest BCUT2D eigenvalue weighted by Crippen LogP contribution is -1.79. The first-order valence-corrected chi connectivity index (χ1v) is 5.31. The molecular formula is C8H6N4S2. The maximum atomic E-state index is 4.95. The summed E-state index contributed by atoms with van der Waals surface area (Å²) in [5.41, 5.74) is 4.95. The Hall–Kier alpha value is -1.27. The van der Waals surface area contributed by atoms with Crippen LogP contribution in [0.5, 0.6) is 0 Å². The largest absolute Gasteiger partial charge is 0.295 e. The molecule has 0 aliphatic carbocycles. The second kappa shape index (κ2) is 2.61. The third kappa shape index (κ3) is 0.948. The van der Waals surface area contributed by atoms with Crippen LogP contribution in [-0.2, 0) is 0 Å². The quantitative estimate of drug-likeness (QED) is 0.575. The van der Waals surface area contributed by atoms with Crippen molar-refractivity contribution in [2.24, 2.45) is 0 Å². The van der Waals surface area contributed by atoms with Crippen molar-refractivity contribution in [1.29, 1.82) is 0 Å². The minimum Gasteiger partial charge on any atom is -0.295 e. The van der Waals surface area contributed by atoms with Crippen molar-refractivity contribution >= 4 is 46.0 Å². The van der Waals surface area contributed by atoms with E-state index in [1.165, 1.54) is 11.7 Å². The lowest BCUT2D eigenvalue weighted by Gasteiger charge is -1.94. The van der Waals surface area contributed by atoms with Crippen molar-refractivity contribution in [2.45, 2.75) is 6.92 Å². The monoisotopic (exact) mass is 222 g/mol. The molecule has 0 spiro atoms. The number of nitrogens with zero attached hydrogens (tertiary/aromatic N) is 2. The summed E-state index contributed by atoms with van der Waals surface area (Å²) in [5.74, 6) is 0. The van der Waals surface area contributed by atoms with Crippen LogP contribution in [0.25, 0.3) is 22.1 Å². The maximum absolute atomic E-state index is 4.95. The first kappa shape index (κ1) is 8.07. The standard InChI is InChI=1S/C8H6N4S2/c1-3-2-4-6(10-8(13)9-4)7-5(3)11-14-12-7/h2,11-12H,1H3. The van der Waals surface area contributed by atoms with Gasteiger partial charge in [0.25, 0.3) is 0 Å². The van der Waals surface area contributed by atoms with E-state index in [2.05, 4.69) is 18.7 Å². The third-order valence-corrected chi connectivity index (χ3v) is 3.00. The number of imidazole rings is 1. The molecule has 0 fully saturated rings. The van der Waals surface area contributed by atoms with Crippen molar-refractivity contribution in [2.75, 3.05) is 0 Å². The van der Waals surface area contributed by atoms with Crippen molar-refractivity contribution < 1.29 is 0 Å². The number of benzene rings is 1. The minimum absolute atomic E-state index is 0.409. The zero-order chi connectivity index (χ0) is 9.71. The van der Waals surface area contributed by atoms with Gasteiger partial charge in [0.1, 0.15) is 11.0 Å². The van der Waals surface area contributed by atoms with Crippen LogP contribution < -0.4 is 0 Å². The van der Waals surface area contributed by atoms with E-state index in [-0.39, 0.29) is 0 Å². The zero-order valence-corrected chi connectivity index (χ0v) is 8.92. The van der Waals surface area contributed by atoms with Crippen LogP contribution in [0.2, 0.25) is 0 Å². The highest BCUT2D eigenvalue weighted by atomic mass is 32.1. The summed E-state index contributed by atoms with van der Waals surface area (Å²) in [4.78, 5) is 8.39. The van der Waals surface area contributed by atoms with Crippen LogP contribution in [0, 0.1) is 11.7 Å². The van der Waals surface area contributed by atoms with E-state index >= 15 is 0 Å². The SMILES string of the molecule is Cc1cc2nc(=S)nc2c2[nH]s[nH]c12. The predicted molar refractivity (Wildman–Crippen MR) is 59.2 cm³/mol. The van der Waals surface area contributed by atoms with Gasteiger partial charge < -0.3 is 0 Å². The molecule has 3 aromatic rings. The fourth-order valence-electron chi connectivity index (χ4n) is 1.57. The molecule has 6 heteroatoms. The van der Waals surface area contributed by atoms with Crippen LogP contribution >= 0.6 is 23.9 Å². The highest BCUT2D eigenvalue weighted by Crippen LogP contribution is 2.24. The summed E-state index contributed by atoms with van der Waals surface area (Å²) in [6, 6.07) is 2.00. The van der Waals surface area contributed by atoms with Crippen molar-refractivity contribution in [1.82, 2.24) is 18.7 Å². The Morgan fingerprint density at radius 2 is 2.07 bits per heavy atom. The van der Waals surface area contributed by atoms with E-state index in [4.69, 9.17) is 12.2 Å². The van der Waals surface area contributed by atoms with E-state index in [0.717, 1.165) is 27.6 Å². The number of aryl methyl sites for hydroxylation is 1. The molecule has 2 aromatic heterocycles. The number of aromatic amines is 2. The lowest BCUT2D eigenvalue weighted by molar-refractivity contribution is 1.30. The summed E-state index contributed by atoms with van der Waals surface area (Å²) >= 11 is 6.39. The minimum atomic E-state index is 0.409. The predicted octanol–water partition coefficient (Wildman–Crippen LogP) is 2.54. The molecule has 0 unspecified atom stereocenters. The second-order valence-corrected chi connectivity index (χ2v) is 4.10. The number of rotatable bonds is 0. The molecule has 0 aliphatic rings. The average Bonchev–Trinajstić information content (AvgIpc) is 2.69. The van der Waals surface area contributed by atoms with Crippen molar-refractivity contribution in [3.8, 4) is 0 Å². The molecular weight excluding hydrogens is 216 g/mol. The summed E-state index contributed by atoms with van der Waals surface area (Å²) in [6.07, 6.45) is 0. The van der Waals surface area contributed by atoms with E-state index in [1.807, 2.05) is 13.0 Å². The molecule has 1 aromatic carbocycles. The molecule has 0 amide bonds. The van der Waals surface area contributed by atoms with Crippen LogP contribution in [0.3, 0.4) is 0 Å². The van der Waals surface area contributed by atoms with Crippen molar-refractivity contribution in [3.05, 3.63) is 16.4 Å². The number of nitrogens with one attached hydrogen (secondary N) is 2. The smallest absolute Gasteiger partial charge is 0.220 e. The topological polar surface area (TPSA) is 57.4 Å². The average molecular weight is 222 g/mol. The van der Waals surface area contributed by atoms with E-state index < -0.39 is 0 Å². The van der Waals surface area contributed by atoms with Gasteiger partial charge in [-0.1, -0.05) is 0 Å². The van der Waals surface area contributed by atoms with Gasteiger partial charge in [-0.05, 0) is 30.8 Å². The number of aromatic nitrogens is 4. The van der Waals surface area contributed by atoms with Gasteiger partial charge in [-0.2, -0.15) is 0 Å². The Morgan fingerprint density at radius 1 is 1.29 bits per heavy atom. The molecule has 0 radical (unpaired) electrons. The Balaban J connectivity index is 2.71. The zero-order valence-electron chi connectivity index (χ0n) is 7.29. The summed E-state index contributed by atoms with van der Waals surface area (Å²) in [5, 5.41) is 0. The van der Waals surface area contributed by atoms with Gasteiger partial charge in [-0.15, -0.1) is 0 Å². The van der Waals surface area contributed by atoms with Crippen LogP contribution in [-0.4, -0.2) is 18.7 Å². The molecule has 2 N–H and O–H groups in total. The highest BCUT2D eigenvalue weighted by molar-refractivity contribution is 7.71. The van der Waals surface area contributed by atoms with E-state index in [9.17, 15) is 0 Å². The maximum Gasteiger partial charge on any atom is 0.220 e. The molecule has 3 rings (SSSR count). The Labute approximate surface area is 88.3 Å². The van der Waals surface area contributed by atoms with Crippen LogP contribution in [0.4, 0.5) is 0 Å². The molecule has 14 heavy (non-hydrogen) atoms. The van der Waals surface area contributed by atoms with Crippen LogP contribution in [0.15, 0.2) is 6.07 Å². The number of H-pyrrole nitrogens is 2. The number of hydrogen-bond acceptors (Lipinski definition) is 4. The normalized spacial score (nSPS) is 11.5. The first-order valence-electron chi connectivity index (χ1n) is 4.08. The molecule has 0 aliphatic heterocycles. The summed E-state index contributed by atoms with van der Waals surface area (Å²) < 4.78 is 6.74. The van der Waals surface area contributed by atoms with Gasteiger partial charge in [-0.3, -0.25) is 8.75 Å². The Kier molecular flexibility index (Phi) is 1.51. The molecule has 2 heterocycles. The summed E-state index contributed by atoms with van der Waals surface area (Å²) in [7, 11) is 0. The second-order valence-electron chi connectivity index (χ2n) is 3.12. The molecule has 0 saturated heterocycles. The summed E-state index contributed by atoms with van der Waals surface area (Å²) in [6.45, 7) is 2.04. The van der Waals surface area contributed by atoms with Crippen molar-refractivity contribution in [3.63, 3.8) is 0 Å². The molecule has 0 bridgehead atoms. The first-order chi connectivity index (χ1) is 6.75. The number of hydrogen-bond donors (Lipinski definition) is 2. The van der Waals surface area contributed by atoms with Gasteiger partial charge in [0.05, 0.1) is 11.0 Å². The van der Waals surface area contributed by atoms with E-state index in [1.54, 1.807) is 0 Å². The van der Waals surface area contributed by atoms with Gasteiger partial charge in [0, 0.05) is 11.7 Å². The fourth-order valence-corrected chi connectivity index (χ4v) is 2.48. The Morgan fingerprint density at radius 3 is 2.93 bits per heavy atom. The van der Waals surface area contributed by atoms with Gasteiger partial charge in [-0.25, -0.2) is 9.97 Å². The van der Waals surface area contributed by atoms with Gasteiger partial charge >= 0.3 is 0 Å². The third-order valence-electron chi connectivity index (χ3n) is 2.21. The van der Waals surface area contributed by atoms with Gasteiger partial charge in [0.15, 0.2) is 0 Å². The molecule has 0 saturated carbocycles. The highest BCUT2D eigenvalue weighted by Gasteiger charge is 2.08. The molecule has 4 nitrogen and oxygen atoms in total. The number of fused-ring (bicyclic) bond motifs is 3. The van der Waals surface area contributed by atoms with Gasteiger partial charge in [0.2, 0.25) is 4.77 Å². The molecule has 70 valence electrons.